The quantitative estimate of drug-likeness (QED) is 0.563. The van der Waals surface area contributed by atoms with E-state index < -0.39 is 0 Å². The Bertz CT molecular complexity index is 324. The molecule has 1 saturated carbocycles. The summed E-state index contributed by atoms with van der Waals surface area (Å²) in [5.41, 5.74) is 0.399. The van der Waals surface area contributed by atoms with E-state index in [9.17, 15) is 4.79 Å². The molecule has 0 aromatic heterocycles. The topological polar surface area (TPSA) is 38.8 Å². The van der Waals surface area contributed by atoms with Crippen molar-refractivity contribution in [2.75, 3.05) is 0 Å². The number of rotatable bonds is 5. The van der Waals surface area contributed by atoms with Gasteiger partial charge in [-0.2, -0.15) is 0 Å². The number of carbonyl (C=O) groups is 1. The number of esters is 1. The van der Waals surface area contributed by atoms with Crippen LogP contribution in [0.15, 0.2) is 0 Å². The van der Waals surface area contributed by atoms with E-state index in [2.05, 4.69) is 27.7 Å². The summed E-state index contributed by atoms with van der Waals surface area (Å²) < 4.78 is 11.0. The molecule has 110 valence electrons. The van der Waals surface area contributed by atoms with Gasteiger partial charge in [0.15, 0.2) is 0 Å². The lowest BCUT2D eigenvalue weighted by molar-refractivity contribution is -0.152. The smallest absolute Gasteiger partial charge is 0.308 e. The van der Waals surface area contributed by atoms with Crippen molar-refractivity contribution in [3.63, 3.8) is 0 Å². The van der Waals surface area contributed by atoms with Crippen LogP contribution in [0, 0.1) is 11.3 Å². The van der Waals surface area contributed by atoms with Gasteiger partial charge in [-0.05, 0) is 43.9 Å². The van der Waals surface area contributed by atoms with Crippen molar-refractivity contribution in [2.45, 2.75) is 84.5 Å². The van der Waals surface area contributed by atoms with Gasteiger partial charge >= 0.3 is 5.97 Å². The molecular weight excluding hydrogens is 240 g/mol. The maximum atomic E-state index is 11.9. The second-order valence-electron chi connectivity index (χ2n) is 7.04. The highest BCUT2D eigenvalue weighted by Crippen LogP contribution is 2.40. The number of carbonyl (C=O) groups excluding carboxylic acids is 1. The van der Waals surface area contributed by atoms with Gasteiger partial charge in [0.1, 0.15) is 6.10 Å². The molecule has 4 atom stereocenters. The summed E-state index contributed by atoms with van der Waals surface area (Å²) in [7, 11) is 0. The lowest BCUT2D eigenvalue weighted by atomic mass is 9.71. The maximum absolute atomic E-state index is 11.9. The van der Waals surface area contributed by atoms with Crippen LogP contribution in [0.25, 0.3) is 0 Å². The first-order valence-corrected chi connectivity index (χ1v) is 7.76. The van der Waals surface area contributed by atoms with E-state index in [1.54, 1.807) is 0 Å². The Morgan fingerprint density at radius 3 is 2.74 bits per heavy atom. The largest absolute Gasteiger partial charge is 0.462 e. The Kier molecular flexibility index (Phi) is 4.54. The highest BCUT2D eigenvalue weighted by Gasteiger charge is 2.40. The van der Waals surface area contributed by atoms with Gasteiger partial charge in [-0.3, -0.25) is 4.79 Å². The highest BCUT2D eigenvalue weighted by atomic mass is 16.6. The van der Waals surface area contributed by atoms with Gasteiger partial charge in [-0.25, -0.2) is 0 Å². The fourth-order valence-electron chi connectivity index (χ4n) is 3.39. The zero-order valence-corrected chi connectivity index (χ0v) is 12.8. The molecule has 0 radical (unpaired) electrons. The molecule has 1 saturated heterocycles. The molecule has 1 aliphatic heterocycles. The molecule has 1 heterocycles. The third-order valence-electron chi connectivity index (χ3n) is 4.68. The number of hydrogen-bond acceptors (Lipinski definition) is 3. The third-order valence-corrected chi connectivity index (χ3v) is 4.68. The molecule has 0 bridgehead atoms. The van der Waals surface area contributed by atoms with Gasteiger partial charge < -0.3 is 9.47 Å². The minimum absolute atomic E-state index is 0.0471. The summed E-state index contributed by atoms with van der Waals surface area (Å²) >= 11 is 0. The molecule has 2 fully saturated rings. The molecular formula is C16H28O3. The van der Waals surface area contributed by atoms with Gasteiger partial charge in [-0.15, -0.1) is 0 Å². The van der Waals surface area contributed by atoms with Crippen LogP contribution in [0.4, 0.5) is 0 Å². The maximum Gasteiger partial charge on any atom is 0.308 e. The molecule has 2 aliphatic rings. The monoisotopic (exact) mass is 268 g/mol. The first-order valence-electron chi connectivity index (χ1n) is 7.76. The average molecular weight is 268 g/mol. The Labute approximate surface area is 117 Å². The van der Waals surface area contributed by atoms with Gasteiger partial charge in [0, 0.05) is 0 Å². The van der Waals surface area contributed by atoms with Crippen LogP contribution in [0.3, 0.4) is 0 Å². The first-order chi connectivity index (χ1) is 8.91. The Morgan fingerprint density at radius 1 is 1.42 bits per heavy atom. The van der Waals surface area contributed by atoms with E-state index in [1.165, 1.54) is 25.7 Å². The fourth-order valence-corrected chi connectivity index (χ4v) is 3.39. The summed E-state index contributed by atoms with van der Waals surface area (Å²) in [6.07, 6.45) is 6.77. The van der Waals surface area contributed by atoms with Crippen LogP contribution in [0.1, 0.15) is 66.2 Å². The average Bonchev–Trinajstić information content (AvgIpc) is 3.05. The Morgan fingerprint density at radius 2 is 2.16 bits per heavy atom. The lowest BCUT2D eigenvalue weighted by Crippen LogP contribution is -2.32. The lowest BCUT2D eigenvalue weighted by Gasteiger charge is -2.37. The van der Waals surface area contributed by atoms with Crippen LogP contribution in [-0.2, 0) is 14.3 Å². The van der Waals surface area contributed by atoms with Crippen LogP contribution >= 0.6 is 0 Å². The van der Waals surface area contributed by atoms with E-state index in [0.717, 1.165) is 6.42 Å². The molecule has 3 heteroatoms. The molecule has 0 spiro atoms. The minimum Gasteiger partial charge on any atom is -0.462 e. The van der Waals surface area contributed by atoms with Crippen LogP contribution in [0.5, 0.6) is 0 Å². The minimum atomic E-state index is -0.0863. The molecule has 3 nitrogen and oxygen atoms in total. The summed E-state index contributed by atoms with van der Waals surface area (Å²) in [5.74, 6) is 0.437. The highest BCUT2D eigenvalue weighted by molar-refractivity contribution is 5.70. The summed E-state index contributed by atoms with van der Waals surface area (Å²) in [6.45, 7) is 8.77. The number of hydrogen-bond donors (Lipinski definition) is 0. The standard InChI is InChI=1S/C16H28O3/c1-5-13-14(19-13)9-15(17)18-11(2)12-7-6-8-16(3,4)10-12/h11-14H,5-10H2,1-4H3/t11-,12?,13?,14?/m0/s1. The van der Waals surface area contributed by atoms with Crippen LogP contribution in [-0.4, -0.2) is 24.3 Å². The second kappa shape index (κ2) is 5.82. The van der Waals surface area contributed by atoms with Crippen LogP contribution in [0.2, 0.25) is 0 Å². The molecule has 19 heavy (non-hydrogen) atoms. The van der Waals surface area contributed by atoms with Gasteiger partial charge in [0.05, 0.1) is 18.6 Å². The zero-order valence-electron chi connectivity index (χ0n) is 12.8. The zero-order chi connectivity index (χ0) is 14.0. The van der Waals surface area contributed by atoms with E-state index in [-0.39, 0.29) is 24.3 Å². The van der Waals surface area contributed by atoms with E-state index in [4.69, 9.17) is 9.47 Å². The van der Waals surface area contributed by atoms with E-state index >= 15 is 0 Å². The SMILES string of the molecule is CCC1OC1CC(=O)O[C@@H](C)C1CCCC(C)(C)C1. The molecule has 0 aromatic carbocycles. The Balaban J connectivity index is 1.74. The molecule has 0 N–H and O–H groups in total. The normalized spacial score (nSPS) is 34.6. The summed E-state index contributed by atoms with van der Waals surface area (Å²) in [6, 6.07) is 0. The molecule has 3 unspecified atom stereocenters. The van der Waals surface area contributed by atoms with Crippen molar-refractivity contribution in [1.82, 2.24) is 0 Å². The summed E-state index contributed by atoms with van der Waals surface area (Å²) in [5, 5.41) is 0. The number of epoxide rings is 1. The molecule has 0 amide bonds. The molecule has 1 aliphatic carbocycles. The summed E-state index contributed by atoms with van der Waals surface area (Å²) in [4.78, 5) is 11.9. The van der Waals surface area contributed by atoms with Gasteiger partial charge in [-0.1, -0.05) is 27.2 Å². The van der Waals surface area contributed by atoms with E-state index in [0.29, 0.717) is 17.8 Å². The van der Waals surface area contributed by atoms with Crippen molar-refractivity contribution < 1.29 is 14.3 Å². The van der Waals surface area contributed by atoms with Gasteiger partial charge in [0.25, 0.3) is 0 Å². The number of ether oxygens (including phenoxy) is 2. The molecule has 0 aromatic rings. The van der Waals surface area contributed by atoms with Crippen molar-refractivity contribution in [3.8, 4) is 0 Å². The van der Waals surface area contributed by atoms with Crippen molar-refractivity contribution in [1.29, 1.82) is 0 Å². The fraction of sp³-hybridized carbons (Fsp3) is 0.938. The van der Waals surface area contributed by atoms with E-state index in [1.807, 2.05) is 0 Å². The second-order valence-corrected chi connectivity index (χ2v) is 7.04. The predicted octanol–water partition coefficient (Wildman–Crippen LogP) is 3.70. The van der Waals surface area contributed by atoms with Crippen molar-refractivity contribution in [2.24, 2.45) is 11.3 Å². The van der Waals surface area contributed by atoms with Crippen LogP contribution < -0.4 is 0 Å². The Hall–Kier alpha value is -0.570. The van der Waals surface area contributed by atoms with Crippen molar-refractivity contribution >= 4 is 5.97 Å². The predicted molar refractivity (Wildman–Crippen MR) is 74.9 cm³/mol. The van der Waals surface area contributed by atoms with Gasteiger partial charge in [0.2, 0.25) is 0 Å². The first kappa shape index (κ1) is 14.8. The molecule has 2 rings (SSSR count). The third kappa shape index (κ3) is 4.20. The van der Waals surface area contributed by atoms with Crippen molar-refractivity contribution in [3.05, 3.63) is 0 Å².